The van der Waals surface area contributed by atoms with Gasteiger partial charge in [0, 0.05) is 23.2 Å². The highest BCUT2D eigenvalue weighted by molar-refractivity contribution is 7.99. The molecule has 2 aliphatic carbocycles. The third kappa shape index (κ3) is 2.53. The Bertz CT molecular complexity index is 451. The van der Waals surface area contributed by atoms with E-state index < -0.39 is 0 Å². The normalized spacial score (nSPS) is 34.5. The van der Waals surface area contributed by atoms with Gasteiger partial charge in [-0.25, -0.2) is 0 Å². The van der Waals surface area contributed by atoms with Crippen LogP contribution in [-0.4, -0.2) is 18.3 Å². The number of nitrogens with one attached hydrogen (secondary N) is 1. The minimum absolute atomic E-state index is 0.477. The van der Waals surface area contributed by atoms with E-state index in [0.29, 0.717) is 16.9 Å². The molecule has 1 aromatic rings. The molecule has 0 radical (unpaired) electrons. The fourth-order valence-corrected chi connectivity index (χ4v) is 5.51. The average Bonchev–Trinajstić information content (AvgIpc) is 2.90. The summed E-state index contributed by atoms with van der Waals surface area (Å²) >= 11 is 1.96. The van der Waals surface area contributed by atoms with Crippen molar-refractivity contribution in [3.63, 3.8) is 0 Å². The number of rotatable bonds is 5. The molecule has 0 spiro atoms. The van der Waals surface area contributed by atoms with E-state index in [4.69, 9.17) is 0 Å². The summed E-state index contributed by atoms with van der Waals surface area (Å²) < 4.78 is 0. The first kappa shape index (κ1) is 14.5. The highest BCUT2D eigenvalue weighted by Crippen LogP contribution is 2.62. The van der Waals surface area contributed by atoms with Crippen LogP contribution in [0.2, 0.25) is 0 Å². The van der Waals surface area contributed by atoms with Crippen LogP contribution < -0.4 is 5.32 Å². The molecule has 0 amide bonds. The molecule has 0 heterocycles. The van der Waals surface area contributed by atoms with Gasteiger partial charge in [0.05, 0.1) is 0 Å². The molecule has 2 bridgehead atoms. The van der Waals surface area contributed by atoms with Crippen molar-refractivity contribution in [2.45, 2.75) is 51.0 Å². The van der Waals surface area contributed by atoms with Crippen molar-refractivity contribution in [3.8, 4) is 0 Å². The Hall–Kier alpha value is -0.470. The van der Waals surface area contributed by atoms with Gasteiger partial charge in [0.15, 0.2) is 0 Å². The molecule has 2 fully saturated rings. The van der Waals surface area contributed by atoms with Crippen molar-refractivity contribution in [1.29, 1.82) is 0 Å². The predicted octanol–water partition coefficient (Wildman–Crippen LogP) is 4.58. The van der Waals surface area contributed by atoms with E-state index in [1.54, 1.807) is 0 Å². The molecule has 0 aromatic heterocycles. The predicted molar refractivity (Wildman–Crippen MR) is 88.2 cm³/mol. The maximum atomic E-state index is 3.89. The lowest BCUT2D eigenvalue weighted by Gasteiger charge is -2.43. The molecule has 110 valence electrons. The number of benzene rings is 1. The van der Waals surface area contributed by atoms with E-state index in [0.717, 1.165) is 18.2 Å². The summed E-state index contributed by atoms with van der Waals surface area (Å²) in [5.74, 6) is 2.10. The van der Waals surface area contributed by atoms with Crippen LogP contribution in [0, 0.1) is 16.7 Å². The molecule has 1 aromatic carbocycles. The summed E-state index contributed by atoms with van der Waals surface area (Å²) in [7, 11) is 0. The fraction of sp³-hybridized carbons (Fsp3) is 0.667. The second-order valence-corrected chi connectivity index (χ2v) is 8.63. The van der Waals surface area contributed by atoms with Crippen LogP contribution in [0.4, 0.5) is 0 Å². The Labute approximate surface area is 127 Å². The Balaban J connectivity index is 1.51. The van der Waals surface area contributed by atoms with E-state index in [1.807, 2.05) is 11.8 Å². The fourth-order valence-electron chi connectivity index (χ4n) is 4.70. The monoisotopic (exact) mass is 289 g/mol. The lowest BCUT2D eigenvalue weighted by molar-refractivity contribution is 0.111. The summed E-state index contributed by atoms with van der Waals surface area (Å²) in [6.45, 7) is 8.58. The van der Waals surface area contributed by atoms with Gasteiger partial charge in [-0.1, -0.05) is 39.0 Å². The molecule has 3 rings (SSSR count). The van der Waals surface area contributed by atoms with Gasteiger partial charge < -0.3 is 5.32 Å². The zero-order chi connectivity index (χ0) is 14.2. The SMILES string of the molecule is CC12CCC(C1)C(C)(C)C2NCCSc1ccccc1. The van der Waals surface area contributed by atoms with E-state index in [9.17, 15) is 0 Å². The second kappa shape index (κ2) is 5.38. The Morgan fingerprint density at radius 1 is 1.20 bits per heavy atom. The van der Waals surface area contributed by atoms with E-state index in [1.165, 1.54) is 24.2 Å². The van der Waals surface area contributed by atoms with Crippen LogP contribution in [0.5, 0.6) is 0 Å². The maximum Gasteiger partial charge on any atom is 0.0175 e. The van der Waals surface area contributed by atoms with Crippen molar-refractivity contribution in [2.75, 3.05) is 12.3 Å². The van der Waals surface area contributed by atoms with Gasteiger partial charge in [0.2, 0.25) is 0 Å². The molecular formula is C18H27NS. The third-order valence-electron chi connectivity index (χ3n) is 5.73. The van der Waals surface area contributed by atoms with Crippen LogP contribution in [-0.2, 0) is 0 Å². The third-order valence-corrected chi connectivity index (χ3v) is 6.75. The summed E-state index contributed by atoms with van der Waals surface area (Å²) in [5, 5.41) is 3.89. The molecule has 3 atom stereocenters. The summed E-state index contributed by atoms with van der Waals surface area (Å²) in [5.41, 5.74) is 1.02. The lowest BCUT2D eigenvalue weighted by Crippen LogP contribution is -2.50. The second-order valence-electron chi connectivity index (χ2n) is 7.46. The Morgan fingerprint density at radius 3 is 2.60 bits per heavy atom. The summed E-state index contributed by atoms with van der Waals surface area (Å²) in [6.07, 6.45) is 4.30. The van der Waals surface area contributed by atoms with Crippen molar-refractivity contribution in [3.05, 3.63) is 30.3 Å². The molecule has 2 heteroatoms. The van der Waals surface area contributed by atoms with Crippen molar-refractivity contribution < 1.29 is 0 Å². The van der Waals surface area contributed by atoms with Crippen LogP contribution in [0.15, 0.2) is 35.2 Å². The Morgan fingerprint density at radius 2 is 1.95 bits per heavy atom. The van der Waals surface area contributed by atoms with Crippen LogP contribution in [0.1, 0.15) is 40.0 Å². The van der Waals surface area contributed by atoms with Gasteiger partial charge in [0.25, 0.3) is 0 Å². The molecule has 2 aliphatic rings. The quantitative estimate of drug-likeness (QED) is 0.629. The Kier molecular flexibility index (Phi) is 3.89. The molecular weight excluding hydrogens is 262 g/mol. The molecule has 3 unspecified atom stereocenters. The average molecular weight is 289 g/mol. The first-order chi connectivity index (χ1) is 9.52. The van der Waals surface area contributed by atoms with E-state index in [-0.39, 0.29) is 0 Å². The first-order valence-electron chi connectivity index (χ1n) is 7.94. The molecule has 1 N–H and O–H groups in total. The lowest BCUT2D eigenvalue weighted by atomic mass is 9.68. The smallest absolute Gasteiger partial charge is 0.0175 e. The van der Waals surface area contributed by atoms with Crippen molar-refractivity contribution >= 4 is 11.8 Å². The molecule has 0 aliphatic heterocycles. The highest BCUT2D eigenvalue weighted by atomic mass is 32.2. The molecule has 1 nitrogen and oxygen atoms in total. The molecule has 2 saturated carbocycles. The zero-order valence-corrected chi connectivity index (χ0v) is 13.8. The molecule has 0 saturated heterocycles. The van der Waals surface area contributed by atoms with Crippen molar-refractivity contribution in [1.82, 2.24) is 5.32 Å². The maximum absolute atomic E-state index is 3.89. The summed E-state index contributed by atoms with van der Waals surface area (Å²) in [4.78, 5) is 1.38. The van der Waals surface area contributed by atoms with Gasteiger partial charge in [-0.05, 0) is 48.1 Å². The largest absolute Gasteiger partial charge is 0.312 e. The van der Waals surface area contributed by atoms with E-state index in [2.05, 4.69) is 56.4 Å². The highest BCUT2D eigenvalue weighted by Gasteiger charge is 2.58. The number of hydrogen-bond acceptors (Lipinski definition) is 2. The van der Waals surface area contributed by atoms with Crippen LogP contribution in [0.3, 0.4) is 0 Å². The summed E-state index contributed by atoms with van der Waals surface area (Å²) in [6, 6.07) is 11.4. The topological polar surface area (TPSA) is 12.0 Å². The zero-order valence-electron chi connectivity index (χ0n) is 13.0. The minimum Gasteiger partial charge on any atom is -0.312 e. The molecule has 20 heavy (non-hydrogen) atoms. The van der Waals surface area contributed by atoms with E-state index >= 15 is 0 Å². The number of fused-ring (bicyclic) bond motifs is 2. The van der Waals surface area contributed by atoms with Crippen molar-refractivity contribution in [2.24, 2.45) is 16.7 Å². The van der Waals surface area contributed by atoms with Gasteiger partial charge in [0.1, 0.15) is 0 Å². The van der Waals surface area contributed by atoms with Gasteiger partial charge in [-0.15, -0.1) is 11.8 Å². The standard InChI is InChI=1S/C18H27NS/c1-17(2)14-9-10-18(3,13-14)16(17)19-11-12-20-15-7-5-4-6-8-15/h4-8,14,16,19H,9-13H2,1-3H3. The van der Waals surface area contributed by atoms with Crippen LogP contribution in [0.25, 0.3) is 0 Å². The van der Waals surface area contributed by atoms with Gasteiger partial charge >= 0.3 is 0 Å². The van der Waals surface area contributed by atoms with Gasteiger partial charge in [-0.2, -0.15) is 0 Å². The van der Waals surface area contributed by atoms with Gasteiger partial charge in [-0.3, -0.25) is 0 Å². The first-order valence-corrected chi connectivity index (χ1v) is 8.92. The number of thioether (sulfide) groups is 1. The van der Waals surface area contributed by atoms with Crippen LogP contribution >= 0.6 is 11.8 Å². The minimum atomic E-state index is 0.477. The number of hydrogen-bond donors (Lipinski definition) is 1.